The summed E-state index contributed by atoms with van der Waals surface area (Å²) in [6.07, 6.45) is 2.67. The summed E-state index contributed by atoms with van der Waals surface area (Å²) in [5.41, 5.74) is 0.204. The number of rotatable bonds is 6. The minimum Gasteiger partial charge on any atom is -0.374 e. The van der Waals surface area contributed by atoms with Crippen LogP contribution in [-0.2, 0) is 20.8 Å². The molecule has 2 aliphatic heterocycles. The van der Waals surface area contributed by atoms with Gasteiger partial charge in [-0.1, -0.05) is 19.3 Å². The molecule has 1 N–H and O–H groups in total. The van der Waals surface area contributed by atoms with Crippen LogP contribution in [0.1, 0.15) is 56.9 Å². The summed E-state index contributed by atoms with van der Waals surface area (Å²) in [4.78, 5) is 17.1. The lowest BCUT2D eigenvalue weighted by atomic mass is 9.93. The lowest BCUT2D eigenvalue weighted by molar-refractivity contribution is -0.137. The third kappa shape index (κ3) is 5.75. The van der Waals surface area contributed by atoms with Crippen LogP contribution in [0.25, 0.3) is 0 Å². The highest BCUT2D eigenvalue weighted by Crippen LogP contribution is 2.37. The fourth-order valence-corrected chi connectivity index (χ4v) is 7.12. The van der Waals surface area contributed by atoms with Gasteiger partial charge in [-0.25, -0.2) is 8.42 Å². The molecule has 0 spiro atoms. The van der Waals surface area contributed by atoms with Crippen molar-refractivity contribution in [3.05, 3.63) is 23.8 Å². The molecule has 2 heterocycles. The number of benzene rings is 1. The molecule has 1 aromatic carbocycles. The molecular weight excluding hydrogens is 455 g/mol. The second-order valence-electron chi connectivity index (χ2n) is 9.43. The zero-order valence-electron chi connectivity index (χ0n) is 18.7. The van der Waals surface area contributed by atoms with Crippen molar-refractivity contribution in [3.63, 3.8) is 0 Å². The summed E-state index contributed by atoms with van der Waals surface area (Å²) in [5.74, 6) is -0.194. The van der Waals surface area contributed by atoms with E-state index >= 15 is 0 Å². The molecule has 1 aliphatic carbocycles. The van der Waals surface area contributed by atoms with Gasteiger partial charge in [0.1, 0.15) is 0 Å². The fourth-order valence-electron chi connectivity index (χ4n) is 5.41. The highest BCUT2D eigenvalue weighted by Gasteiger charge is 2.38. The van der Waals surface area contributed by atoms with Crippen LogP contribution in [0.5, 0.6) is 0 Å². The summed E-state index contributed by atoms with van der Waals surface area (Å²) in [6, 6.07) is 3.27. The molecule has 0 aromatic heterocycles. The Kier molecular flexibility index (Phi) is 7.12. The van der Waals surface area contributed by atoms with E-state index in [1.54, 1.807) is 4.90 Å². The molecule has 184 valence electrons. The molecule has 3 fully saturated rings. The Balaban J connectivity index is 1.54. The Hall–Kier alpha value is -1.97. The number of nitrogens with zero attached hydrogens (tertiary/aromatic N) is 2. The molecular formula is C23H32F3N3O3S. The van der Waals surface area contributed by atoms with Crippen LogP contribution in [0.15, 0.2) is 18.2 Å². The molecule has 1 aromatic rings. The van der Waals surface area contributed by atoms with Crippen molar-refractivity contribution in [2.24, 2.45) is 0 Å². The Morgan fingerprint density at radius 3 is 2.33 bits per heavy atom. The minimum absolute atomic E-state index is 0.00841. The predicted molar refractivity (Wildman–Crippen MR) is 122 cm³/mol. The second-order valence-corrected chi connectivity index (χ2v) is 11.7. The molecule has 2 saturated heterocycles. The van der Waals surface area contributed by atoms with Crippen molar-refractivity contribution in [3.8, 4) is 0 Å². The van der Waals surface area contributed by atoms with Crippen LogP contribution < -0.4 is 10.2 Å². The van der Waals surface area contributed by atoms with Crippen molar-refractivity contribution in [1.82, 2.24) is 4.90 Å². The van der Waals surface area contributed by atoms with Gasteiger partial charge in [0.15, 0.2) is 9.84 Å². The Bertz CT molecular complexity index is 955. The van der Waals surface area contributed by atoms with E-state index in [2.05, 4.69) is 5.32 Å². The number of nitrogens with one attached hydrogen (secondary N) is 1. The topological polar surface area (TPSA) is 69.7 Å². The van der Waals surface area contributed by atoms with Gasteiger partial charge in [0.2, 0.25) is 5.91 Å². The van der Waals surface area contributed by atoms with Crippen LogP contribution in [0.4, 0.5) is 24.5 Å². The first-order chi connectivity index (χ1) is 15.6. The molecule has 10 heteroatoms. The summed E-state index contributed by atoms with van der Waals surface area (Å²) < 4.78 is 64.2. The Morgan fingerprint density at radius 2 is 1.73 bits per heavy atom. The number of anilines is 2. The molecule has 1 atom stereocenters. The maximum Gasteiger partial charge on any atom is 0.416 e. The molecule has 0 radical (unpaired) electrons. The summed E-state index contributed by atoms with van der Waals surface area (Å²) >= 11 is 0. The number of hydrogen-bond acceptors (Lipinski definition) is 5. The number of carbonyl (C=O) groups excluding carboxylic acids is 1. The number of alkyl halides is 3. The van der Waals surface area contributed by atoms with Crippen LogP contribution in [0.3, 0.4) is 0 Å². The van der Waals surface area contributed by atoms with Crippen molar-refractivity contribution >= 4 is 27.1 Å². The summed E-state index contributed by atoms with van der Waals surface area (Å²) in [6.45, 7) is 1.37. The van der Waals surface area contributed by atoms with Crippen molar-refractivity contribution in [2.45, 2.75) is 69.6 Å². The maximum atomic E-state index is 13.4. The SMILES string of the molecule is O=C(CNc1cc(C(F)(F)F)ccc1N1CCCC1)N(C1CCCCC1)C1CCS(=O)(=O)C1. The van der Waals surface area contributed by atoms with E-state index in [1.165, 1.54) is 6.07 Å². The molecule has 1 amide bonds. The lowest BCUT2D eigenvalue weighted by Gasteiger charge is -2.38. The number of halogens is 3. The van der Waals surface area contributed by atoms with Gasteiger partial charge >= 0.3 is 6.18 Å². The number of sulfone groups is 1. The van der Waals surface area contributed by atoms with Crippen molar-refractivity contribution in [2.75, 3.05) is 41.4 Å². The van der Waals surface area contributed by atoms with E-state index in [0.717, 1.165) is 70.2 Å². The highest BCUT2D eigenvalue weighted by molar-refractivity contribution is 7.91. The maximum absolute atomic E-state index is 13.4. The fraction of sp³-hybridized carbons (Fsp3) is 0.696. The minimum atomic E-state index is -4.48. The number of carbonyl (C=O) groups is 1. The molecule has 6 nitrogen and oxygen atoms in total. The monoisotopic (exact) mass is 487 g/mol. The third-order valence-corrected chi connectivity index (χ3v) is 8.81. The van der Waals surface area contributed by atoms with Gasteiger partial charge in [0.25, 0.3) is 0 Å². The second kappa shape index (κ2) is 9.72. The number of hydrogen-bond donors (Lipinski definition) is 1. The van der Waals surface area contributed by atoms with E-state index < -0.39 is 21.6 Å². The van der Waals surface area contributed by atoms with Gasteiger partial charge < -0.3 is 15.1 Å². The number of amides is 1. The first-order valence-corrected chi connectivity index (χ1v) is 13.7. The van der Waals surface area contributed by atoms with Gasteiger partial charge in [-0.05, 0) is 50.3 Å². The van der Waals surface area contributed by atoms with Crippen LogP contribution in [0, 0.1) is 0 Å². The average molecular weight is 488 g/mol. The normalized spacial score (nSPS) is 23.6. The molecule has 1 saturated carbocycles. The van der Waals surface area contributed by atoms with Gasteiger partial charge in [-0.2, -0.15) is 13.2 Å². The van der Waals surface area contributed by atoms with Crippen LogP contribution >= 0.6 is 0 Å². The van der Waals surface area contributed by atoms with Crippen LogP contribution in [0.2, 0.25) is 0 Å². The van der Waals surface area contributed by atoms with Gasteiger partial charge in [0, 0.05) is 25.2 Å². The molecule has 0 bridgehead atoms. The average Bonchev–Trinajstić information content (AvgIpc) is 3.42. The first kappa shape index (κ1) is 24.2. The highest BCUT2D eigenvalue weighted by atomic mass is 32.2. The van der Waals surface area contributed by atoms with Gasteiger partial charge in [-0.3, -0.25) is 4.79 Å². The molecule has 3 aliphatic rings. The zero-order valence-corrected chi connectivity index (χ0v) is 19.6. The van der Waals surface area contributed by atoms with Crippen molar-refractivity contribution < 1.29 is 26.4 Å². The smallest absolute Gasteiger partial charge is 0.374 e. The summed E-state index contributed by atoms with van der Waals surface area (Å²) in [7, 11) is -3.17. The first-order valence-electron chi connectivity index (χ1n) is 11.9. The van der Waals surface area contributed by atoms with E-state index in [1.807, 2.05) is 4.90 Å². The molecule has 33 heavy (non-hydrogen) atoms. The predicted octanol–water partition coefficient (Wildman–Crippen LogP) is 4.07. The quantitative estimate of drug-likeness (QED) is 0.655. The summed E-state index contributed by atoms with van der Waals surface area (Å²) in [5, 5.41) is 2.98. The van der Waals surface area contributed by atoms with Gasteiger partial charge in [0.05, 0.1) is 35.0 Å². The Morgan fingerprint density at radius 1 is 1.03 bits per heavy atom. The van der Waals surface area contributed by atoms with E-state index in [-0.39, 0.29) is 36.0 Å². The zero-order chi connectivity index (χ0) is 23.6. The third-order valence-electron chi connectivity index (χ3n) is 7.06. The van der Waals surface area contributed by atoms with Crippen molar-refractivity contribution in [1.29, 1.82) is 0 Å². The molecule has 1 unspecified atom stereocenters. The Labute approximate surface area is 193 Å². The van der Waals surface area contributed by atoms with E-state index in [9.17, 15) is 26.4 Å². The largest absolute Gasteiger partial charge is 0.416 e. The standard InChI is InChI=1S/C23H32F3N3O3S/c24-23(25,26)17-8-9-21(28-11-4-5-12-28)20(14-17)27-15-22(30)29(18-6-2-1-3-7-18)19-10-13-33(31,32)16-19/h8-9,14,18-19,27H,1-7,10-13,15-16H2. The lowest BCUT2D eigenvalue weighted by Crippen LogP contribution is -2.50. The van der Waals surface area contributed by atoms with Crippen LogP contribution in [-0.4, -0.2) is 62.4 Å². The van der Waals surface area contributed by atoms with E-state index in [0.29, 0.717) is 17.8 Å². The van der Waals surface area contributed by atoms with Gasteiger partial charge in [-0.15, -0.1) is 0 Å². The van der Waals surface area contributed by atoms with E-state index in [4.69, 9.17) is 0 Å². The molecule has 4 rings (SSSR count).